The predicted molar refractivity (Wildman–Crippen MR) is 92.1 cm³/mol. The van der Waals surface area contributed by atoms with Crippen LogP contribution in [0.25, 0.3) is 0 Å². The fourth-order valence-corrected chi connectivity index (χ4v) is 1.97. The van der Waals surface area contributed by atoms with Gasteiger partial charge in [-0.05, 0) is 31.2 Å². The van der Waals surface area contributed by atoms with Crippen LogP contribution in [-0.4, -0.2) is 32.8 Å². The van der Waals surface area contributed by atoms with E-state index in [0.717, 1.165) is 5.69 Å². The molecule has 0 unspecified atom stereocenters. The van der Waals surface area contributed by atoms with Crippen molar-refractivity contribution in [3.05, 3.63) is 54.1 Å². The van der Waals surface area contributed by atoms with E-state index in [1.807, 2.05) is 49.4 Å². The van der Waals surface area contributed by atoms with Gasteiger partial charge in [0.15, 0.2) is 0 Å². The number of rotatable bonds is 8. The standard InChI is InChI=1S/C18H22N2O3/c1-14-6-8-15(9-7-14)19-13-18(21)20-16-4-3-5-17(12-16)23-11-10-22-2/h3-9,12,19H,10-11,13H2,1-2H3,(H,20,21). The van der Waals surface area contributed by atoms with E-state index in [2.05, 4.69) is 10.6 Å². The van der Waals surface area contributed by atoms with Crippen molar-refractivity contribution in [2.45, 2.75) is 6.92 Å². The second kappa shape index (κ2) is 8.80. The molecule has 0 bridgehead atoms. The molecule has 0 aliphatic carbocycles. The molecule has 0 heterocycles. The molecule has 5 nitrogen and oxygen atoms in total. The average Bonchev–Trinajstić information content (AvgIpc) is 2.55. The molecule has 0 radical (unpaired) electrons. The van der Waals surface area contributed by atoms with Gasteiger partial charge < -0.3 is 20.1 Å². The summed E-state index contributed by atoms with van der Waals surface area (Å²) < 4.78 is 10.5. The molecular weight excluding hydrogens is 292 g/mol. The highest BCUT2D eigenvalue weighted by Crippen LogP contribution is 2.17. The van der Waals surface area contributed by atoms with E-state index in [4.69, 9.17) is 9.47 Å². The monoisotopic (exact) mass is 314 g/mol. The van der Waals surface area contributed by atoms with E-state index in [1.54, 1.807) is 13.2 Å². The smallest absolute Gasteiger partial charge is 0.243 e. The summed E-state index contributed by atoms with van der Waals surface area (Å²) in [7, 11) is 1.63. The van der Waals surface area contributed by atoms with Gasteiger partial charge in [-0.15, -0.1) is 0 Å². The Balaban J connectivity index is 1.82. The van der Waals surface area contributed by atoms with Crippen molar-refractivity contribution in [3.63, 3.8) is 0 Å². The number of carbonyl (C=O) groups is 1. The maximum atomic E-state index is 12.0. The molecule has 0 fully saturated rings. The first-order valence-electron chi connectivity index (χ1n) is 7.49. The van der Waals surface area contributed by atoms with E-state index < -0.39 is 0 Å². The summed E-state index contributed by atoms with van der Waals surface area (Å²) in [5, 5.41) is 5.93. The summed E-state index contributed by atoms with van der Waals surface area (Å²) in [6, 6.07) is 15.2. The molecule has 0 aliphatic rings. The molecule has 2 aromatic carbocycles. The van der Waals surface area contributed by atoms with Crippen LogP contribution >= 0.6 is 0 Å². The number of methoxy groups -OCH3 is 1. The van der Waals surface area contributed by atoms with Crippen molar-refractivity contribution in [1.29, 1.82) is 0 Å². The molecule has 5 heteroatoms. The maximum Gasteiger partial charge on any atom is 0.243 e. The van der Waals surface area contributed by atoms with E-state index in [9.17, 15) is 4.79 Å². The molecule has 23 heavy (non-hydrogen) atoms. The molecule has 0 saturated heterocycles. The fraction of sp³-hybridized carbons (Fsp3) is 0.278. The number of aryl methyl sites for hydroxylation is 1. The molecule has 122 valence electrons. The summed E-state index contributed by atoms with van der Waals surface area (Å²) in [5.74, 6) is 0.589. The Morgan fingerprint density at radius 2 is 1.83 bits per heavy atom. The Morgan fingerprint density at radius 1 is 1.04 bits per heavy atom. The third-order valence-corrected chi connectivity index (χ3v) is 3.18. The summed E-state index contributed by atoms with van der Waals surface area (Å²) in [6.45, 7) is 3.23. The zero-order valence-corrected chi connectivity index (χ0v) is 13.5. The van der Waals surface area contributed by atoms with E-state index >= 15 is 0 Å². The minimum absolute atomic E-state index is 0.111. The molecule has 2 N–H and O–H groups in total. The molecule has 0 saturated carbocycles. The van der Waals surface area contributed by atoms with Crippen LogP contribution in [0.15, 0.2) is 48.5 Å². The van der Waals surface area contributed by atoms with Gasteiger partial charge in [0.1, 0.15) is 12.4 Å². The Hall–Kier alpha value is -2.53. The molecule has 1 amide bonds. The SMILES string of the molecule is COCCOc1cccc(NC(=O)CNc2ccc(C)cc2)c1. The highest BCUT2D eigenvalue weighted by molar-refractivity contribution is 5.93. The highest BCUT2D eigenvalue weighted by Gasteiger charge is 2.03. The lowest BCUT2D eigenvalue weighted by Gasteiger charge is -2.10. The molecule has 2 aromatic rings. The summed E-state index contributed by atoms with van der Waals surface area (Å²) in [4.78, 5) is 12.0. The lowest BCUT2D eigenvalue weighted by atomic mass is 10.2. The minimum Gasteiger partial charge on any atom is -0.491 e. The van der Waals surface area contributed by atoms with Gasteiger partial charge in [-0.3, -0.25) is 4.79 Å². The van der Waals surface area contributed by atoms with Gasteiger partial charge in [-0.2, -0.15) is 0 Å². The zero-order valence-electron chi connectivity index (χ0n) is 13.5. The summed E-state index contributed by atoms with van der Waals surface area (Å²) >= 11 is 0. The van der Waals surface area contributed by atoms with Crippen LogP contribution in [0, 0.1) is 6.92 Å². The van der Waals surface area contributed by atoms with Gasteiger partial charge in [-0.1, -0.05) is 23.8 Å². The minimum atomic E-state index is -0.111. The quantitative estimate of drug-likeness (QED) is 0.735. The zero-order chi connectivity index (χ0) is 16.5. The first-order chi connectivity index (χ1) is 11.2. The maximum absolute atomic E-state index is 12.0. The van der Waals surface area contributed by atoms with Crippen molar-refractivity contribution in [1.82, 2.24) is 0 Å². The van der Waals surface area contributed by atoms with Gasteiger partial charge in [-0.25, -0.2) is 0 Å². The normalized spacial score (nSPS) is 10.2. The van der Waals surface area contributed by atoms with Crippen LogP contribution in [0.3, 0.4) is 0 Å². The predicted octanol–water partition coefficient (Wildman–Crippen LogP) is 3.07. The lowest BCUT2D eigenvalue weighted by molar-refractivity contribution is -0.114. The van der Waals surface area contributed by atoms with Gasteiger partial charge >= 0.3 is 0 Å². The number of carbonyl (C=O) groups excluding carboxylic acids is 1. The number of hydrogen-bond acceptors (Lipinski definition) is 4. The van der Waals surface area contributed by atoms with E-state index in [-0.39, 0.29) is 12.5 Å². The first kappa shape index (κ1) is 16.8. The Morgan fingerprint density at radius 3 is 2.57 bits per heavy atom. The summed E-state index contributed by atoms with van der Waals surface area (Å²) in [6.07, 6.45) is 0. The number of ether oxygens (including phenoxy) is 2. The second-order valence-electron chi connectivity index (χ2n) is 5.14. The third kappa shape index (κ3) is 6.00. The molecule has 0 aromatic heterocycles. The van der Waals surface area contributed by atoms with Crippen molar-refractivity contribution < 1.29 is 14.3 Å². The average molecular weight is 314 g/mol. The molecule has 0 aliphatic heterocycles. The largest absolute Gasteiger partial charge is 0.491 e. The Labute approximate surface area is 136 Å². The summed E-state index contributed by atoms with van der Waals surface area (Å²) in [5.41, 5.74) is 2.81. The number of hydrogen-bond donors (Lipinski definition) is 2. The van der Waals surface area contributed by atoms with Crippen molar-refractivity contribution in [3.8, 4) is 5.75 Å². The van der Waals surface area contributed by atoms with Crippen molar-refractivity contribution in [2.24, 2.45) is 0 Å². The van der Waals surface area contributed by atoms with Gasteiger partial charge in [0, 0.05) is 24.6 Å². The van der Waals surface area contributed by atoms with Crippen LogP contribution in [0.4, 0.5) is 11.4 Å². The van der Waals surface area contributed by atoms with E-state index in [1.165, 1.54) is 5.56 Å². The first-order valence-corrected chi connectivity index (χ1v) is 7.49. The van der Waals surface area contributed by atoms with Crippen LogP contribution < -0.4 is 15.4 Å². The van der Waals surface area contributed by atoms with Gasteiger partial charge in [0.05, 0.1) is 13.2 Å². The van der Waals surface area contributed by atoms with Crippen molar-refractivity contribution in [2.75, 3.05) is 37.5 Å². The van der Waals surface area contributed by atoms with Crippen LogP contribution in [0.5, 0.6) is 5.75 Å². The number of benzene rings is 2. The number of amides is 1. The topological polar surface area (TPSA) is 59.6 Å². The van der Waals surface area contributed by atoms with Crippen LogP contribution in [0.1, 0.15) is 5.56 Å². The molecule has 0 spiro atoms. The Kier molecular flexibility index (Phi) is 6.44. The van der Waals surface area contributed by atoms with Crippen LogP contribution in [-0.2, 0) is 9.53 Å². The van der Waals surface area contributed by atoms with E-state index in [0.29, 0.717) is 24.7 Å². The highest BCUT2D eigenvalue weighted by atomic mass is 16.5. The van der Waals surface area contributed by atoms with Gasteiger partial charge in [0.2, 0.25) is 5.91 Å². The number of anilines is 2. The Bertz CT molecular complexity index is 626. The van der Waals surface area contributed by atoms with Gasteiger partial charge in [0.25, 0.3) is 0 Å². The van der Waals surface area contributed by atoms with Crippen LogP contribution in [0.2, 0.25) is 0 Å². The molecule has 0 atom stereocenters. The third-order valence-electron chi connectivity index (χ3n) is 3.18. The fourth-order valence-electron chi connectivity index (χ4n) is 1.97. The molecule has 2 rings (SSSR count). The van der Waals surface area contributed by atoms with Crippen molar-refractivity contribution >= 4 is 17.3 Å². The number of nitrogens with one attached hydrogen (secondary N) is 2. The second-order valence-corrected chi connectivity index (χ2v) is 5.14. The molecular formula is C18H22N2O3. The lowest BCUT2D eigenvalue weighted by Crippen LogP contribution is -2.21.